The Morgan fingerprint density at radius 1 is 1.35 bits per heavy atom. The van der Waals surface area contributed by atoms with E-state index in [1.54, 1.807) is 23.5 Å². The number of amides is 1. The van der Waals surface area contributed by atoms with E-state index < -0.39 is 0 Å². The molecule has 0 unspecified atom stereocenters. The molecule has 20 heavy (non-hydrogen) atoms. The topological polar surface area (TPSA) is 58.4 Å². The molecule has 4 nitrogen and oxygen atoms in total. The summed E-state index contributed by atoms with van der Waals surface area (Å²) in [5.74, 6) is 0.00799. The van der Waals surface area contributed by atoms with Crippen LogP contribution in [0.15, 0.2) is 41.8 Å². The van der Waals surface area contributed by atoms with Gasteiger partial charge in [-0.15, -0.1) is 11.3 Å². The fourth-order valence-electron chi connectivity index (χ4n) is 1.88. The van der Waals surface area contributed by atoms with Crippen LogP contribution in [0, 0.1) is 0 Å². The molecule has 0 aliphatic carbocycles. The first-order chi connectivity index (χ1) is 9.63. The Morgan fingerprint density at radius 2 is 2.20 bits per heavy atom. The molecule has 0 aliphatic heterocycles. The number of benzene rings is 1. The molecule has 106 valence electrons. The number of carbonyl (C=O) groups excluding carboxylic acids is 1. The molecule has 2 aromatic rings. The van der Waals surface area contributed by atoms with Crippen molar-refractivity contribution >= 4 is 28.6 Å². The van der Waals surface area contributed by atoms with E-state index in [-0.39, 0.29) is 5.91 Å². The van der Waals surface area contributed by atoms with Crippen LogP contribution in [-0.4, -0.2) is 24.4 Å². The van der Waals surface area contributed by atoms with Crippen molar-refractivity contribution in [1.29, 1.82) is 0 Å². The molecule has 5 heteroatoms. The Bertz CT molecular complexity index is 554. The molecule has 0 saturated heterocycles. The molecular formula is C15H19N3OS. The summed E-state index contributed by atoms with van der Waals surface area (Å²) in [6.07, 6.45) is 0.469. The van der Waals surface area contributed by atoms with E-state index in [4.69, 9.17) is 5.73 Å². The van der Waals surface area contributed by atoms with Gasteiger partial charge >= 0.3 is 0 Å². The summed E-state index contributed by atoms with van der Waals surface area (Å²) in [5, 5.41) is 4.92. The quantitative estimate of drug-likeness (QED) is 0.804. The number of nitrogen functional groups attached to an aromatic ring is 1. The van der Waals surface area contributed by atoms with Crippen LogP contribution in [0.4, 0.5) is 11.4 Å². The van der Waals surface area contributed by atoms with Crippen LogP contribution in [0.2, 0.25) is 0 Å². The van der Waals surface area contributed by atoms with Crippen LogP contribution < -0.4 is 11.1 Å². The Kier molecular flexibility index (Phi) is 5.15. The van der Waals surface area contributed by atoms with E-state index in [0.717, 1.165) is 18.8 Å². The van der Waals surface area contributed by atoms with Gasteiger partial charge in [0.25, 0.3) is 0 Å². The second kappa shape index (κ2) is 7.07. The lowest BCUT2D eigenvalue weighted by atomic mass is 10.2. The fourth-order valence-corrected chi connectivity index (χ4v) is 2.66. The average Bonchev–Trinajstić information content (AvgIpc) is 2.89. The van der Waals surface area contributed by atoms with Gasteiger partial charge in [0.1, 0.15) is 0 Å². The zero-order chi connectivity index (χ0) is 14.4. The highest BCUT2D eigenvalue weighted by Crippen LogP contribution is 2.13. The molecule has 2 rings (SSSR count). The first-order valence-corrected chi connectivity index (χ1v) is 7.38. The largest absolute Gasteiger partial charge is 0.399 e. The fraction of sp³-hybridized carbons (Fsp3) is 0.267. The van der Waals surface area contributed by atoms with Crippen molar-refractivity contribution in [2.24, 2.45) is 0 Å². The monoisotopic (exact) mass is 289 g/mol. The van der Waals surface area contributed by atoms with Crippen molar-refractivity contribution in [3.05, 3.63) is 46.7 Å². The van der Waals surface area contributed by atoms with Gasteiger partial charge < -0.3 is 16.0 Å². The number of nitrogens with zero attached hydrogens (tertiary/aromatic N) is 1. The van der Waals surface area contributed by atoms with Gasteiger partial charge in [0.15, 0.2) is 0 Å². The van der Waals surface area contributed by atoms with Crippen molar-refractivity contribution in [3.8, 4) is 0 Å². The van der Waals surface area contributed by atoms with Gasteiger partial charge in [-0.25, -0.2) is 0 Å². The van der Waals surface area contributed by atoms with Crippen molar-refractivity contribution < 1.29 is 4.79 Å². The summed E-state index contributed by atoms with van der Waals surface area (Å²) in [6.45, 7) is 1.61. The number of nitrogens with one attached hydrogen (secondary N) is 1. The summed E-state index contributed by atoms with van der Waals surface area (Å²) >= 11 is 1.73. The first kappa shape index (κ1) is 14.6. The number of nitrogens with two attached hydrogens (primary N) is 1. The summed E-state index contributed by atoms with van der Waals surface area (Å²) < 4.78 is 0. The molecule has 1 amide bonds. The third kappa shape index (κ3) is 4.68. The Morgan fingerprint density at radius 3 is 2.90 bits per heavy atom. The smallest absolute Gasteiger partial charge is 0.225 e. The first-order valence-electron chi connectivity index (χ1n) is 6.50. The molecule has 0 saturated carbocycles. The molecule has 1 aromatic carbocycles. The van der Waals surface area contributed by atoms with Gasteiger partial charge in [0, 0.05) is 35.8 Å². The molecule has 0 aliphatic rings. The molecule has 1 heterocycles. The van der Waals surface area contributed by atoms with Crippen molar-refractivity contribution in [2.45, 2.75) is 13.0 Å². The van der Waals surface area contributed by atoms with E-state index in [1.165, 1.54) is 4.88 Å². The van der Waals surface area contributed by atoms with Crippen LogP contribution in [0.25, 0.3) is 0 Å². The second-order valence-electron chi connectivity index (χ2n) is 4.74. The predicted molar refractivity (Wildman–Crippen MR) is 84.8 cm³/mol. The van der Waals surface area contributed by atoms with E-state index in [2.05, 4.69) is 21.7 Å². The summed E-state index contributed by atoms with van der Waals surface area (Å²) in [4.78, 5) is 15.3. The Labute approximate surface area is 123 Å². The Balaban J connectivity index is 1.74. The highest BCUT2D eigenvalue weighted by atomic mass is 32.1. The molecule has 3 N–H and O–H groups in total. The molecule has 1 aromatic heterocycles. The second-order valence-corrected chi connectivity index (χ2v) is 5.77. The lowest BCUT2D eigenvalue weighted by Crippen LogP contribution is -2.23. The van der Waals surface area contributed by atoms with E-state index in [9.17, 15) is 4.79 Å². The highest BCUT2D eigenvalue weighted by molar-refractivity contribution is 7.09. The lowest BCUT2D eigenvalue weighted by molar-refractivity contribution is -0.116. The van der Waals surface area contributed by atoms with Gasteiger partial charge in [0.2, 0.25) is 5.91 Å². The van der Waals surface area contributed by atoms with Crippen LogP contribution in [0.1, 0.15) is 11.3 Å². The number of carbonyl (C=O) groups is 1. The minimum atomic E-state index is 0.00799. The van der Waals surface area contributed by atoms with Gasteiger partial charge in [0.05, 0.1) is 0 Å². The van der Waals surface area contributed by atoms with Gasteiger partial charge in [-0.05, 0) is 36.7 Å². The standard InChI is InChI=1S/C15H19N3OS/c1-18(11-14-6-3-9-20-14)8-7-15(19)17-13-5-2-4-12(16)10-13/h2-6,9-10H,7-8,11,16H2,1H3,(H,17,19). The third-order valence-electron chi connectivity index (χ3n) is 2.90. The molecule has 0 bridgehead atoms. The van der Waals surface area contributed by atoms with Crippen LogP contribution in [0.5, 0.6) is 0 Å². The summed E-state index contributed by atoms with van der Waals surface area (Å²) in [5.41, 5.74) is 7.07. The summed E-state index contributed by atoms with van der Waals surface area (Å²) in [7, 11) is 2.02. The average molecular weight is 289 g/mol. The van der Waals surface area contributed by atoms with Crippen molar-refractivity contribution in [2.75, 3.05) is 24.6 Å². The SMILES string of the molecule is CN(CCC(=O)Nc1cccc(N)c1)Cc1cccs1. The number of anilines is 2. The van der Waals surface area contributed by atoms with E-state index >= 15 is 0 Å². The zero-order valence-corrected chi connectivity index (χ0v) is 12.3. The van der Waals surface area contributed by atoms with Crippen molar-refractivity contribution in [3.63, 3.8) is 0 Å². The number of hydrogen-bond acceptors (Lipinski definition) is 4. The molecule has 0 atom stereocenters. The maximum atomic E-state index is 11.9. The van der Waals surface area contributed by atoms with E-state index in [1.807, 2.05) is 25.2 Å². The maximum Gasteiger partial charge on any atom is 0.225 e. The minimum absolute atomic E-state index is 0.00799. The lowest BCUT2D eigenvalue weighted by Gasteiger charge is -2.15. The highest BCUT2D eigenvalue weighted by Gasteiger charge is 2.06. The number of rotatable bonds is 6. The molecule has 0 fully saturated rings. The maximum absolute atomic E-state index is 11.9. The number of hydrogen-bond donors (Lipinski definition) is 2. The van der Waals surface area contributed by atoms with Gasteiger partial charge in [-0.3, -0.25) is 4.79 Å². The van der Waals surface area contributed by atoms with Crippen molar-refractivity contribution in [1.82, 2.24) is 4.90 Å². The van der Waals surface area contributed by atoms with Gasteiger partial charge in [-0.2, -0.15) is 0 Å². The van der Waals surface area contributed by atoms with Crippen LogP contribution >= 0.6 is 11.3 Å². The minimum Gasteiger partial charge on any atom is -0.399 e. The van der Waals surface area contributed by atoms with Gasteiger partial charge in [-0.1, -0.05) is 12.1 Å². The third-order valence-corrected chi connectivity index (χ3v) is 3.76. The van der Waals surface area contributed by atoms with E-state index in [0.29, 0.717) is 12.1 Å². The molecule has 0 radical (unpaired) electrons. The number of thiophene rings is 1. The summed E-state index contributed by atoms with van der Waals surface area (Å²) in [6, 6.07) is 11.4. The Hall–Kier alpha value is -1.85. The van der Waals surface area contributed by atoms with Crippen LogP contribution in [0.3, 0.4) is 0 Å². The molecule has 0 spiro atoms. The predicted octanol–water partition coefficient (Wildman–Crippen LogP) is 2.79. The van der Waals surface area contributed by atoms with Crippen LogP contribution in [-0.2, 0) is 11.3 Å². The zero-order valence-electron chi connectivity index (χ0n) is 11.5. The molecular weight excluding hydrogens is 270 g/mol. The normalized spacial score (nSPS) is 10.7.